The number of hydrogen-bond donors (Lipinski definition) is 3. The van der Waals surface area contributed by atoms with Crippen LogP contribution in [0, 0.1) is 0 Å². The number of carbonyl (C=O) groups is 1. The normalized spacial score (nSPS) is 25.0. The lowest BCUT2D eigenvalue weighted by Crippen LogP contribution is -2.52. The molecule has 2 aromatic rings. The Hall–Kier alpha value is -1.25. The zero-order valence-corrected chi connectivity index (χ0v) is 14.0. The van der Waals surface area contributed by atoms with Gasteiger partial charge in [0.15, 0.2) is 0 Å². The van der Waals surface area contributed by atoms with E-state index in [1.807, 2.05) is 19.9 Å². The third-order valence-corrected chi connectivity index (χ3v) is 6.18. The van der Waals surface area contributed by atoms with Crippen molar-refractivity contribution in [1.82, 2.24) is 10.8 Å². The summed E-state index contributed by atoms with van der Waals surface area (Å²) >= 11 is 3.41. The summed E-state index contributed by atoms with van der Waals surface area (Å²) in [6, 6.07) is 7.69. The first-order valence-corrected chi connectivity index (χ1v) is 8.72. The summed E-state index contributed by atoms with van der Waals surface area (Å²) in [7, 11) is 0. The molecule has 0 radical (unpaired) electrons. The molecule has 0 spiro atoms. The van der Waals surface area contributed by atoms with Gasteiger partial charge >= 0.3 is 0 Å². The molecular weight excluding hydrogens is 320 g/mol. The molecular formula is C15H18N2O3S2. The van der Waals surface area contributed by atoms with Crippen LogP contribution >= 0.6 is 22.7 Å². The van der Waals surface area contributed by atoms with Gasteiger partial charge in [-0.25, -0.2) is 5.48 Å². The molecule has 1 amide bonds. The molecule has 0 aliphatic carbocycles. The van der Waals surface area contributed by atoms with Crippen molar-refractivity contribution in [2.24, 2.45) is 0 Å². The van der Waals surface area contributed by atoms with Crippen LogP contribution in [0.4, 0.5) is 0 Å². The molecule has 22 heavy (non-hydrogen) atoms. The van der Waals surface area contributed by atoms with Crippen molar-refractivity contribution in [2.75, 3.05) is 0 Å². The number of epoxide rings is 1. The van der Waals surface area contributed by atoms with E-state index < -0.39 is 17.6 Å². The molecule has 3 atom stereocenters. The maximum atomic E-state index is 11.9. The lowest BCUT2D eigenvalue weighted by molar-refractivity contribution is -0.133. The lowest BCUT2D eigenvalue weighted by atomic mass is 9.98. The largest absolute Gasteiger partial charge is 0.364 e. The van der Waals surface area contributed by atoms with Gasteiger partial charge in [-0.05, 0) is 37.4 Å². The van der Waals surface area contributed by atoms with Crippen LogP contribution in [0.3, 0.4) is 0 Å². The van der Waals surface area contributed by atoms with Gasteiger partial charge in [0.05, 0.1) is 6.10 Å². The van der Waals surface area contributed by atoms with Crippen LogP contribution in [0.2, 0.25) is 0 Å². The van der Waals surface area contributed by atoms with E-state index in [0.29, 0.717) is 6.54 Å². The van der Waals surface area contributed by atoms with Gasteiger partial charge in [-0.2, -0.15) is 0 Å². The fourth-order valence-electron chi connectivity index (χ4n) is 2.50. The fourth-order valence-corrected chi connectivity index (χ4v) is 4.29. The Bertz CT molecular complexity index is 656. The third-order valence-electron chi connectivity index (χ3n) is 4.03. The average molecular weight is 338 g/mol. The van der Waals surface area contributed by atoms with Gasteiger partial charge in [0.2, 0.25) is 0 Å². The van der Waals surface area contributed by atoms with E-state index in [0.717, 1.165) is 4.88 Å². The summed E-state index contributed by atoms with van der Waals surface area (Å²) in [5, 5.41) is 14.2. The predicted molar refractivity (Wildman–Crippen MR) is 87.1 cm³/mol. The van der Waals surface area contributed by atoms with Crippen molar-refractivity contribution < 1.29 is 14.7 Å². The fraction of sp³-hybridized carbons (Fsp3) is 0.400. The van der Waals surface area contributed by atoms with Gasteiger partial charge in [-0.15, -0.1) is 22.7 Å². The second-order valence-electron chi connectivity index (χ2n) is 5.48. The van der Waals surface area contributed by atoms with Crippen molar-refractivity contribution in [1.29, 1.82) is 0 Å². The number of rotatable bonds is 6. The first kappa shape index (κ1) is 15.6. The maximum absolute atomic E-state index is 11.9. The molecule has 7 heteroatoms. The Kier molecular flexibility index (Phi) is 4.33. The topological polar surface area (TPSA) is 73.9 Å². The summed E-state index contributed by atoms with van der Waals surface area (Å²) in [6.45, 7) is 4.34. The highest BCUT2D eigenvalue weighted by Gasteiger charge is 2.57. The van der Waals surface area contributed by atoms with Gasteiger partial charge in [0.1, 0.15) is 11.6 Å². The highest BCUT2D eigenvalue weighted by atomic mass is 32.1. The van der Waals surface area contributed by atoms with Gasteiger partial charge in [0, 0.05) is 21.2 Å². The highest BCUT2D eigenvalue weighted by Crippen LogP contribution is 2.39. The van der Waals surface area contributed by atoms with Crippen LogP contribution in [-0.4, -0.2) is 28.9 Å². The monoisotopic (exact) mass is 338 g/mol. The first-order valence-electron chi connectivity index (χ1n) is 7.02. The molecule has 1 fully saturated rings. The minimum atomic E-state index is -0.584. The third kappa shape index (κ3) is 2.95. The highest BCUT2D eigenvalue weighted by molar-refractivity contribution is 7.21. The van der Waals surface area contributed by atoms with E-state index >= 15 is 0 Å². The average Bonchev–Trinajstić information content (AvgIpc) is 2.99. The van der Waals surface area contributed by atoms with E-state index in [2.05, 4.69) is 28.9 Å². The Morgan fingerprint density at radius 3 is 2.82 bits per heavy atom. The van der Waals surface area contributed by atoms with Crippen LogP contribution in [0.25, 0.3) is 9.75 Å². The number of amides is 1. The molecule has 3 rings (SSSR count). The van der Waals surface area contributed by atoms with Crippen LogP contribution < -0.4 is 10.8 Å². The molecule has 1 saturated heterocycles. The quantitative estimate of drug-likeness (QED) is 0.430. The molecule has 1 aliphatic rings. The zero-order valence-electron chi connectivity index (χ0n) is 12.3. The smallest absolute Gasteiger partial charge is 0.263 e. The zero-order chi connectivity index (χ0) is 15.7. The van der Waals surface area contributed by atoms with Crippen LogP contribution in [0.15, 0.2) is 29.6 Å². The van der Waals surface area contributed by atoms with Gasteiger partial charge < -0.3 is 4.74 Å². The predicted octanol–water partition coefficient (Wildman–Crippen LogP) is 2.62. The van der Waals surface area contributed by atoms with Crippen LogP contribution in [0.5, 0.6) is 0 Å². The molecule has 118 valence electrons. The van der Waals surface area contributed by atoms with Crippen molar-refractivity contribution in [3.63, 3.8) is 0 Å². The number of hydroxylamine groups is 1. The molecule has 1 unspecified atom stereocenters. The van der Waals surface area contributed by atoms with E-state index in [-0.39, 0.29) is 6.10 Å². The molecule has 3 N–H and O–H groups in total. The summed E-state index contributed by atoms with van der Waals surface area (Å²) < 4.78 is 5.51. The number of thiophene rings is 2. The number of ether oxygens (including phenoxy) is 1. The summed E-state index contributed by atoms with van der Waals surface area (Å²) in [4.78, 5) is 15.5. The van der Waals surface area contributed by atoms with Crippen LogP contribution in [-0.2, 0) is 16.1 Å². The Morgan fingerprint density at radius 1 is 1.45 bits per heavy atom. The molecule has 5 nitrogen and oxygen atoms in total. The molecule has 0 saturated carbocycles. The Labute approximate surface area is 136 Å². The standard InChI is InChI=1S/C15H18N2O3S2/c1-9-15(2,20-9)13(14(18)17-19)16-8-10-5-6-12(22-10)11-4-3-7-21-11/h3-7,9,13,16,19H,8H2,1-2H3,(H,17,18)/t9?,13-,15-/m1/s1. The minimum absolute atomic E-state index is 0.00712. The van der Waals surface area contributed by atoms with Crippen LogP contribution in [0.1, 0.15) is 18.7 Å². The summed E-state index contributed by atoms with van der Waals surface area (Å²) in [6.07, 6.45) is -0.00712. The van der Waals surface area contributed by atoms with Gasteiger partial charge in [-0.1, -0.05) is 6.07 Å². The second-order valence-corrected chi connectivity index (χ2v) is 7.59. The molecule has 0 bridgehead atoms. The summed E-state index contributed by atoms with van der Waals surface area (Å²) in [5.41, 5.74) is 1.15. The van der Waals surface area contributed by atoms with Gasteiger partial charge in [0.25, 0.3) is 5.91 Å². The van der Waals surface area contributed by atoms with E-state index in [1.165, 1.54) is 9.75 Å². The Balaban J connectivity index is 1.67. The van der Waals surface area contributed by atoms with Crippen molar-refractivity contribution >= 4 is 28.6 Å². The van der Waals surface area contributed by atoms with E-state index in [9.17, 15) is 4.79 Å². The number of carbonyl (C=O) groups excluding carboxylic acids is 1. The van der Waals surface area contributed by atoms with Gasteiger partial charge in [-0.3, -0.25) is 15.3 Å². The number of hydrogen-bond acceptors (Lipinski definition) is 6. The SMILES string of the molecule is CC1O[C@@]1(C)[C@H](NCc1ccc(-c2cccs2)s1)C(=O)NO. The molecule has 1 aliphatic heterocycles. The second kappa shape index (κ2) is 6.10. The molecule has 2 aromatic heterocycles. The van der Waals surface area contributed by atoms with Crippen molar-refractivity contribution in [2.45, 2.75) is 38.1 Å². The molecule has 3 heterocycles. The maximum Gasteiger partial charge on any atom is 0.263 e. The number of nitrogens with one attached hydrogen (secondary N) is 2. The van der Waals surface area contributed by atoms with E-state index in [1.54, 1.807) is 28.2 Å². The lowest BCUT2D eigenvalue weighted by Gasteiger charge is -2.20. The summed E-state index contributed by atoms with van der Waals surface area (Å²) in [5.74, 6) is -0.470. The Morgan fingerprint density at radius 2 is 2.23 bits per heavy atom. The minimum Gasteiger partial charge on any atom is -0.364 e. The first-order chi connectivity index (χ1) is 10.5. The molecule has 0 aromatic carbocycles. The van der Waals surface area contributed by atoms with Crippen molar-refractivity contribution in [3.05, 3.63) is 34.5 Å². The van der Waals surface area contributed by atoms with E-state index in [4.69, 9.17) is 9.94 Å². The van der Waals surface area contributed by atoms with Crippen molar-refractivity contribution in [3.8, 4) is 9.75 Å².